The molecule has 0 heterocycles. The number of aromatic hydroxyl groups is 2. The number of phenolic OH excluding ortho intramolecular Hbond substituents is 2. The molecule has 0 bridgehead atoms. The van der Waals surface area contributed by atoms with Crippen LogP contribution in [0.4, 0.5) is 0 Å². The molecule has 66 valence electrons. The third kappa shape index (κ3) is 1.68. The van der Waals surface area contributed by atoms with Gasteiger partial charge in [0.2, 0.25) is 0 Å². The van der Waals surface area contributed by atoms with Crippen LogP contribution >= 0.6 is 0 Å². The summed E-state index contributed by atoms with van der Waals surface area (Å²) in [4.78, 5) is 0. The van der Waals surface area contributed by atoms with Crippen molar-refractivity contribution >= 4 is 0 Å². The van der Waals surface area contributed by atoms with E-state index in [9.17, 15) is 10.2 Å². The minimum absolute atomic E-state index is 0.00221. The van der Waals surface area contributed by atoms with Gasteiger partial charge in [-0.1, -0.05) is 0 Å². The Morgan fingerprint density at radius 1 is 1.17 bits per heavy atom. The number of hydrogen-bond donors (Lipinski definition) is 3. The highest BCUT2D eigenvalue weighted by molar-refractivity contribution is 5.44. The van der Waals surface area contributed by atoms with Crippen molar-refractivity contribution in [2.45, 2.75) is 13.3 Å². The number of hydrogen-bond acceptors (Lipinski definition) is 3. The normalized spacial score (nSPS) is 10.2. The molecule has 12 heavy (non-hydrogen) atoms. The molecule has 0 unspecified atom stereocenters. The number of aliphatic hydroxyl groups is 1. The number of phenols is 2. The first-order chi connectivity index (χ1) is 5.65. The van der Waals surface area contributed by atoms with E-state index in [0.717, 1.165) is 0 Å². The number of aryl methyl sites for hydroxylation is 1. The largest absolute Gasteiger partial charge is 0.508 e. The van der Waals surface area contributed by atoms with Crippen molar-refractivity contribution in [3.8, 4) is 11.5 Å². The third-order valence-corrected chi connectivity index (χ3v) is 1.78. The van der Waals surface area contributed by atoms with Crippen LogP contribution in [0.2, 0.25) is 0 Å². The summed E-state index contributed by atoms with van der Waals surface area (Å²) in [5.41, 5.74) is 1.36. The van der Waals surface area contributed by atoms with Crippen LogP contribution in [0.15, 0.2) is 12.1 Å². The molecule has 0 aliphatic rings. The molecule has 0 atom stereocenters. The summed E-state index contributed by atoms with van der Waals surface area (Å²) in [7, 11) is 0. The Bertz CT molecular complexity index is 281. The van der Waals surface area contributed by atoms with Gasteiger partial charge in [0.05, 0.1) is 0 Å². The lowest BCUT2D eigenvalue weighted by Crippen LogP contribution is -1.92. The summed E-state index contributed by atoms with van der Waals surface area (Å²) in [6.07, 6.45) is 0.410. The fourth-order valence-corrected chi connectivity index (χ4v) is 1.07. The Kier molecular flexibility index (Phi) is 2.55. The molecule has 0 fully saturated rings. The van der Waals surface area contributed by atoms with E-state index in [1.165, 1.54) is 6.07 Å². The van der Waals surface area contributed by atoms with Gasteiger partial charge >= 0.3 is 0 Å². The van der Waals surface area contributed by atoms with Gasteiger partial charge in [-0.25, -0.2) is 0 Å². The average molecular weight is 168 g/mol. The minimum atomic E-state index is -0.00221. The van der Waals surface area contributed by atoms with Crippen LogP contribution in [-0.4, -0.2) is 21.9 Å². The third-order valence-electron chi connectivity index (χ3n) is 1.78. The number of aliphatic hydroxyl groups excluding tert-OH is 1. The monoisotopic (exact) mass is 168 g/mol. The maximum absolute atomic E-state index is 9.28. The Hall–Kier alpha value is -1.22. The van der Waals surface area contributed by atoms with E-state index in [0.29, 0.717) is 17.5 Å². The molecular formula is C9H12O3. The first-order valence-electron chi connectivity index (χ1n) is 3.77. The highest BCUT2D eigenvalue weighted by Crippen LogP contribution is 2.26. The first kappa shape index (κ1) is 8.87. The van der Waals surface area contributed by atoms with Gasteiger partial charge in [0, 0.05) is 12.7 Å². The summed E-state index contributed by atoms with van der Waals surface area (Å²) >= 11 is 0. The molecule has 0 spiro atoms. The van der Waals surface area contributed by atoms with Crippen molar-refractivity contribution in [1.29, 1.82) is 0 Å². The van der Waals surface area contributed by atoms with E-state index < -0.39 is 0 Å². The fourth-order valence-electron chi connectivity index (χ4n) is 1.07. The van der Waals surface area contributed by atoms with E-state index in [1.807, 2.05) is 0 Å². The molecule has 1 rings (SSSR count). The van der Waals surface area contributed by atoms with Crippen LogP contribution in [0.25, 0.3) is 0 Å². The van der Waals surface area contributed by atoms with Crippen molar-refractivity contribution in [2.24, 2.45) is 0 Å². The van der Waals surface area contributed by atoms with Crippen LogP contribution in [0.5, 0.6) is 11.5 Å². The average Bonchev–Trinajstić information content (AvgIpc) is 2.01. The van der Waals surface area contributed by atoms with E-state index in [1.54, 1.807) is 13.0 Å². The van der Waals surface area contributed by atoms with Gasteiger partial charge in [-0.2, -0.15) is 0 Å². The maximum Gasteiger partial charge on any atom is 0.122 e. The predicted octanol–water partition coefficient (Wildman–Crippen LogP) is 0.941. The highest BCUT2D eigenvalue weighted by Gasteiger charge is 2.04. The van der Waals surface area contributed by atoms with Crippen molar-refractivity contribution in [3.05, 3.63) is 23.3 Å². The summed E-state index contributed by atoms with van der Waals surface area (Å²) in [6.45, 7) is 1.74. The smallest absolute Gasteiger partial charge is 0.122 e. The van der Waals surface area contributed by atoms with Crippen LogP contribution in [0.1, 0.15) is 11.1 Å². The van der Waals surface area contributed by atoms with Crippen LogP contribution < -0.4 is 0 Å². The topological polar surface area (TPSA) is 60.7 Å². The molecule has 0 aliphatic heterocycles. The van der Waals surface area contributed by atoms with Crippen LogP contribution in [0.3, 0.4) is 0 Å². The molecule has 0 aliphatic carbocycles. The van der Waals surface area contributed by atoms with Gasteiger partial charge in [-0.3, -0.25) is 0 Å². The summed E-state index contributed by atoms with van der Waals surface area (Å²) in [5, 5.41) is 27.1. The zero-order valence-electron chi connectivity index (χ0n) is 6.91. The van der Waals surface area contributed by atoms with E-state index in [4.69, 9.17) is 5.11 Å². The number of rotatable bonds is 2. The molecule has 0 saturated carbocycles. The van der Waals surface area contributed by atoms with Crippen molar-refractivity contribution < 1.29 is 15.3 Å². The van der Waals surface area contributed by atoms with Crippen LogP contribution in [-0.2, 0) is 6.42 Å². The van der Waals surface area contributed by atoms with Gasteiger partial charge in [0.15, 0.2) is 0 Å². The molecule has 1 aromatic rings. The second kappa shape index (κ2) is 3.45. The zero-order chi connectivity index (χ0) is 9.14. The first-order valence-corrected chi connectivity index (χ1v) is 3.77. The standard InChI is InChI=1S/C9H12O3/c1-6-4-7(2-3-10)9(12)5-8(6)11/h4-5,10-12H,2-3H2,1H3. The SMILES string of the molecule is Cc1cc(CCO)c(O)cc1O. The Morgan fingerprint density at radius 2 is 1.83 bits per heavy atom. The zero-order valence-corrected chi connectivity index (χ0v) is 6.91. The lowest BCUT2D eigenvalue weighted by atomic mass is 10.1. The molecule has 3 nitrogen and oxygen atoms in total. The summed E-state index contributed by atoms with van der Waals surface area (Å²) < 4.78 is 0. The summed E-state index contributed by atoms with van der Waals surface area (Å²) in [6, 6.07) is 2.96. The van der Waals surface area contributed by atoms with E-state index >= 15 is 0 Å². The Morgan fingerprint density at radius 3 is 2.42 bits per heavy atom. The van der Waals surface area contributed by atoms with Crippen molar-refractivity contribution in [2.75, 3.05) is 6.61 Å². The van der Waals surface area contributed by atoms with E-state index in [-0.39, 0.29) is 18.1 Å². The predicted molar refractivity (Wildman–Crippen MR) is 45.3 cm³/mol. The molecule has 0 saturated heterocycles. The van der Waals surface area contributed by atoms with Gasteiger partial charge < -0.3 is 15.3 Å². The molecule has 0 aromatic heterocycles. The summed E-state index contributed by atoms with van der Waals surface area (Å²) in [5.74, 6) is 0.112. The Balaban J connectivity index is 3.05. The van der Waals surface area contributed by atoms with Crippen molar-refractivity contribution in [3.63, 3.8) is 0 Å². The molecule has 0 radical (unpaired) electrons. The van der Waals surface area contributed by atoms with E-state index in [2.05, 4.69) is 0 Å². The Labute approximate surface area is 70.9 Å². The molecular weight excluding hydrogens is 156 g/mol. The van der Waals surface area contributed by atoms with Crippen LogP contribution in [0, 0.1) is 6.92 Å². The second-order valence-electron chi connectivity index (χ2n) is 2.74. The van der Waals surface area contributed by atoms with Gasteiger partial charge in [0.25, 0.3) is 0 Å². The fraction of sp³-hybridized carbons (Fsp3) is 0.333. The van der Waals surface area contributed by atoms with Gasteiger partial charge in [-0.15, -0.1) is 0 Å². The molecule has 0 amide bonds. The lowest BCUT2D eigenvalue weighted by Gasteiger charge is -2.05. The maximum atomic E-state index is 9.28. The molecule has 3 heteroatoms. The highest BCUT2D eigenvalue weighted by atomic mass is 16.3. The molecule has 3 N–H and O–H groups in total. The molecule has 1 aromatic carbocycles. The minimum Gasteiger partial charge on any atom is -0.508 e. The van der Waals surface area contributed by atoms with Gasteiger partial charge in [0.1, 0.15) is 11.5 Å². The quantitative estimate of drug-likeness (QED) is 0.616. The second-order valence-corrected chi connectivity index (χ2v) is 2.74. The van der Waals surface area contributed by atoms with Crippen molar-refractivity contribution in [1.82, 2.24) is 0 Å². The number of benzene rings is 1. The lowest BCUT2D eigenvalue weighted by molar-refractivity contribution is 0.297. The van der Waals surface area contributed by atoms with Gasteiger partial charge in [-0.05, 0) is 30.5 Å².